The first-order valence-electron chi connectivity index (χ1n) is 10.3. The van der Waals surface area contributed by atoms with Gasteiger partial charge in [0.25, 0.3) is 0 Å². The Balaban J connectivity index is 1.46. The molecular formula is C23H26N4O3. The van der Waals surface area contributed by atoms with Crippen molar-refractivity contribution in [2.45, 2.75) is 25.7 Å². The second-order valence-electron chi connectivity index (χ2n) is 7.29. The van der Waals surface area contributed by atoms with Gasteiger partial charge in [-0.3, -0.25) is 9.20 Å². The second-order valence-corrected chi connectivity index (χ2v) is 7.29. The highest BCUT2D eigenvalue weighted by Crippen LogP contribution is 2.29. The van der Waals surface area contributed by atoms with Crippen molar-refractivity contribution in [1.29, 1.82) is 0 Å². The summed E-state index contributed by atoms with van der Waals surface area (Å²) in [5.74, 6) is 2.45. The van der Waals surface area contributed by atoms with Crippen LogP contribution in [0.1, 0.15) is 37.1 Å². The topological polar surface area (TPSA) is 69.0 Å². The number of likely N-dealkylation sites (tertiary alicyclic amines) is 1. The lowest BCUT2D eigenvalue weighted by molar-refractivity contribution is -0.127. The molecule has 0 radical (unpaired) electrons. The van der Waals surface area contributed by atoms with Crippen molar-refractivity contribution in [1.82, 2.24) is 19.5 Å². The molecule has 0 bridgehead atoms. The zero-order chi connectivity index (χ0) is 20.9. The molecule has 3 heterocycles. The van der Waals surface area contributed by atoms with E-state index >= 15 is 0 Å². The third-order valence-electron chi connectivity index (χ3n) is 5.34. The number of piperidine rings is 1. The van der Waals surface area contributed by atoms with Crippen LogP contribution in [0.15, 0.2) is 48.7 Å². The molecule has 0 spiro atoms. The van der Waals surface area contributed by atoms with Gasteiger partial charge in [-0.05, 0) is 55.7 Å². The van der Waals surface area contributed by atoms with Gasteiger partial charge in [-0.2, -0.15) is 0 Å². The van der Waals surface area contributed by atoms with Crippen molar-refractivity contribution in [2.24, 2.45) is 0 Å². The van der Waals surface area contributed by atoms with Gasteiger partial charge >= 0.3 is 0 Å². The first-order chi connectivity index (χ1) is 14.7. The van der Waals surface area contributed by atoms with E-state index in [4.69, 9.17) is 9.47 Å². The maximum Gasteiger partial charge on any atom is 0.246 e. The molecule has 0 saturated carbocycles. The van der Waals surface area contributed by atoms with Gasteiger partial charge in [0.15, 0.2) is 17.1 Å². The molecule has 1 fully saturated rings. The third-order valence-corrected chi connectivity index (χ3v) is 5.34. The molecule has 1 aromatic carbocycles. The summed E-state index contributed by atoms with van der Waals surface area (Å²) < 4.78 is 12.9. The monoisotopic (exact) mass is 406 g/mol. The molecule has 1 aliphatic heterocycles. The molecule has 3 aromatic rings. The van der Waals surface area contributed by atoms with E-state index in [1.54, 1.807) is 13.2 Å². The van der Waals surface area contributed by atoms with Gasteiger partial charge in [0.2, 0.25) is 5.91 Å². The number of aromatic nitrogens is 3. The molecule has 30 heavy (non-hydrogen) atoms. The fourth-order valence-electron chi connectivity index (χ4n) is 3.86. The zero-order valence-corrected chi connectivity index (χ0v) is 17.3. The lowest BCUT2D eigenvalue weighted by atomic mass is 9.97. The maximum atomic E-state index is 12.8. The van der Waals surface area contributed by atoms with Gasteiger partial charge in [0, 0.05) is 31.3 Å². The van der Waals surface area contributed by atoms with Crippen molar-refractivity contribution in [3.63, 3.8) is 0 Å². The number of fused-ring (bicyclic) bond motifs is 1. The number of amides is 1. The molecule has 156 valence electrons. The summed E-state index contributed by atoms with van der Waals surface area (Å²) in [5.41, 5.74) is 1.73. The quantitative estimate of drug-likeness (QED) is 0.586. The first kappa shape index (κ1) is 19.9. The van der Waals surface area contributed by atoms with Gasteiger partial charge in [-0.25, -0.2) is 0 Å². The molecule has 7 heteroatoms. The lowest BCUT2D eigenvalue weighted by Crippen LogP contribution is -2.38. The minimum Gasteiger partial charge on any atom is -0.493 e. The number of hydrogen-bond acceptors (Lipinski definition) is 5. The Morgan fingerprint density at radius 2 is 2.13 bits per heavy atom. The number of pyridine rings is 1. The number of benzene rings is 1. The standard InChI is InChI=1S/C23H26N4O3/c1-3-30-20-15-17(9-11-19(20)29-2)10-12-22(28)26-13-6-7-18(16-26)23-25-24-21-8-4-5-14-27(21)23/h4-5,8-12,14-15,18H,3,6-7,13,16H2,1-2H3. The van der Waals surface area contributed by atoms with Gasteiger partial charge in [0.1, 0.15) is 5.82 Å². The Labute approximate surface area is 175 Å². The summed E-state index contributed by atoms with van der Waals surface area (Å²) in [6.45, 7) is 3.88. The summed E-state index contributed by atoms with van der Waals surface area (Å²) in [7, 11) is 1.61. The fourth-order valence-corrected chi connectivity index (χ4v) is 3.86. The zero-order valence-electron chi connectivity index (χ0n) is 17.3. The van der Waals surface area contributed by atoms with Crippen LogP contribution in [0.5, 0.6) is 11.5 Å². The molecule has 0 N–H and O–H groups in total. The summed E-state index contributed by atoms with van der Waals surface area (Å²) in [5, 5.41) is 8.63. The molecule has 1 unspecified atom stereocenters. The number of nitrogens with zero attached hydrogens (tertiary/aromatic N) is 4. The Morgan fingerprint density at radius 3 is 2.97 bits per heavy atom. The minimum atomic E-state index is 0.00213. The van der Waals surface area contributed by atoms with Crippen molar-refractivity contribution in [3.8, 4) is 11.5 Å². The smallest absolute Gasteiger partial charge is 0.246 e. The normalized spacial score (nSPS) is 16.9. The summed E-state index contributed by atoms with van der Waals surface area (Å²) >= 11 is 0. The molecule has 1 atom stereocenters. The van der Waals surface area contributed by atoms with Crippen LogP contribution in [0.4, 0.5) is 0 Å². The van der Waals surface area contributed by atoms with E-state index in [1.807, 2.05) is 64.9 Å². The first-order valence-corrected chi connectivity index (χ1v) is 10.3. The van der Waals surface area contributed by atoms with E-state index in [1.165, 1.54) is 0 Å². The van der Waals surface area contributed by atoms with Gasteiger partial charge < -0.3 is 14.4 Å². The molecule has 7 nitrogen and oxygen atoms in total. The molecule has 1 aliphatic rings. The highest BCUT2D eigenvalue weighted by Gasteiger charge is 2.27. The SMILES string of the molecule is CCOc1cc(C=CC(=O)N2CCCC(c3nnc4ccccn34)C2)ccc1OC. The van der Waals surface area contributed by atoms with Crippen LogP contribution in [0.25, 0.3) is 11.7 Å². The van der Waals surface area contributed by atoms with Crippen molar-refractivity contribution >= 4 is 17.6 Å². The average molecular weight is 406 g/mol. The highest BCUT2D eigenvalue weighted by molar-refractivity contribution is 5.92. The maximum absolute atomic E-state index is 12.8. The largest absolute Gasteiger partial charge is 0.493 e. The molecule has 1 saturated heterocycles. The van der Waals surface area contributed by atoms with Crippen molar-refractivity contribution < 1.29 is 14.3 Å². The molecule has 0 aliphatic carbocycles. The highest BCUT2D eigenvalue weighted by atomic mass is 16.5. The van der Waals surface area contributed by atoms with Crippen LogP contribution in [-0.4, -0.2) is 52.2 Å². The minimum absolute atomic E-state index is 0.00213. The number of carbonyl (C=O) groups excluding carboxylic acids is 1. The lowest BCUT2D eigenvalue weighted by Gasteiger charge is -2.31. The second kappa shape index (κ2) is 8.98. The number of hydrogen-bond donors (Lipinski definition) is 0. The predicted octanol–water partition coefficient (Wildman–Crippen LogP) is 3.56. The van der Waals surface area contributed by atoms with Crippen LogP contribution >= 0.6 is 0 Å². The number of rotatable bonds is 6. The molecule has 1 amide bonds. The van der Waals surface area contributed by atoms with Crippen molar-refractivity contribution in [2.75, 3.05) is 26.8 Å². The Kier molecular flexibility index (Phi) is 5.97. The summed E-state index contributed by atoms with van der Waals surface area (Å²) in [6.07, 6.45) is 7.37. The summed E-state index contributed by atoms with van der Waals surface area (Å²) in [6, 6.07) is 11.5. The van der Waals surface area contributed by atoms with E-state index in [0.29, 0.717) is 24.7 Å². The Bertz CT molecular complexity index is 1060. The number of ether oxygens (including phenoxy) is 2. The Hall–Kier alpha value is -3.35. The van der Waals surface area contributed by atoms with E-state index < -0.39 is 0 Å². The van der Waals surface area contributed by atoms with Gasteiger partial charge in [-0.15, -0.1) is 10.2 Å². The third kappa shape index (κ3) is 4.15. The summed E-state index contributed by atoms with van der Waals surface area (Å²) in [4.78, 5) is 14.7. The molecule has 2 aromatic heterocycles. The number of methoxy groups -OCH3 is 1. The van der Waals surface area contributed by atoms with Crippen LogP contribution in [0.2, 0.25) is 0 Å². The van der Waals surface area contributed by atoms with Gasteiger partial charge in [0.05, 0.1) is 13.7 Å². The van der Waals surface area contributed by atoms with E-state index in [2.05, 4.69) is 10.2 Å². The average Bonchev–Trinajstić information content (AvgIpc) is 3.22. The molecule has 4 rings (SSSR count). The van der Waals surface area contributed by atoms with E-state index in [0.717, 1.165) is 36.4 Å². The van der Waals surface area contributed by atoms with Crippen LogP contribution in [0.3, 0.4) is 0 Å². The Morgan fingerprint density at radius 1 is 1.23 bits per heavy atom. The van der Waals surface area contributed by atoms with Crippen molar-refractivity contribution in [3.05, 3.63) is 60.1 Å². The van der Waals surface area contributed by atoms with Crippen LogP contribution in [0, 0.1) is 0 Å². The fraction of sp³-hybridized carbons (Fsp3) is 0.348. The van der Waals surface area contributed by atoms with Gasteiger partial charge in [-0.1, -0.05) is 12.1 Å². The van der Waals surface area contributed by atoms with E-state index in [9.17, 15) is 4.79 Å². The molecular weight excluding hydrogens is 380 g/mol. The number of carbonyl (C=O) groups is 1. The van der Waals surface area contributed by atoms with E-state index in [-0.39, 0.29) is 11.8 Å². The predicted molar refractivity (Wildman–Crippen MR) is 115 cm³/mol. The van der Waals surface area contributed by atoms with Crippen LogP contribution in [-0.2, 0) is 4.79 Å². The van der Waals surface area contributed by atoms with Crippen LogP contribution < -0.4 is 9.47 Å².